The van der Waals surface area contributed by atoms with Crippen molar-refractivity contribution < 1.29 is 9.84 Å². The molecule has 0 spiro atoms. The maximum atomic E-state index is 11.1. The van der Waals surface area contributed by atoms with E-state index in [4.69, 9.17) is 4.74 Å². The Morgan fingerprint density at radius 2 is 2.00 bits per heavy atom. The lowest BCUT2D eigenvalue weighted by Gasteiger charge is -2.29. The summed E-state index contributed by atoms with van der Waals surface area (Å²) >= 11 is 0. The molecule has 2 aromatic rings. The van der Waals surface area contributed by atoms with Gasteiger partial charge in [-0.1, -0.05) is 48.5 Å². The van der Waals surface area contributed by atoms with Crippen LogP contribution in [0.25, 0.3) is 0 Å². The molecule has 108 valence electrons. The van der Waals surface area contributed by atoms with E-state index in [1.807, 2.05) is 30.3 Å². The third-order valence-corrected chi connectivity index (χ3v) is 4.64. The van der Waals surface area contributed by atoms with Crippen LogP contribution in [0.15, 0.2) is 48.5 Å². The number of hydrogen-bond acceptors (Lipinski definition) is 3. The Kier molecular flexibility index (Phi) is 2.81. The van der Waals surface area contributed by atoms with Crippen molar-refractivity contribution in [3.8, 4) is 0 Å². The summed E-state index contributed by atoms with van der Waals surface area (Å²) in [5, 5.41) is 11.1. The summed E-state index contributed by atoms with van der Waals surface area (Å²) in [6.45, 7) is 3.47. The maximum Gasteiger partial charge on any atom is 0.163 e. The van der Waals surface area contributed by atoms with Gasteiger partial charge in [-0.05, 0) is 18.1 Å². The smallest absolute Gasteiger partial charge is 0.163 e. The predicted octanol–water partition coefficient (Wildman–Crippen LogP) is 2.95. The lowest BCUT2D eigenvalue weighted by atomic mass is 9.92. The molecule has 2 aliphatic rings. The zero-order valence-corrected chi connectivity index (χ0v) is 12.1. The Balaban J connectivity index is 1.81. The molecule has 0 aromatic heterocycles. The van der Waals surface area contributed by atoms with Gasteiger partial charge in [0.1, 0.15) is 5.60 Å². The van der Waals surface area contributed by atoms with E-state index >= 15 is 0 Å². The first-order valence-electron chi connectivity index (χ1n) is 7.45. The molecule has 2 atom stereocenters. The molecule has 1 fully saturated rings. The zero-order chi connectivity index (χ0) is 14.4. The van der Waals surface area contributed by atoms with Crippen LogP contribution in [0, 0.1) is 6.92 Å². The SMILES string of the molecule is Cc1cccc2c1N(Cc1ccccc1)C1OCCC21O. The van der Waals surface area contributed by atoms with E-state index in [1.165, 1.54) is 11.1 Å². The molecule has 1 saturated heterocycles. The van der Waals surface area contributed by atoms with Crippen LogP contribution in [0.3, 0.4) is 0 Å². The third kappa shape index (κ3) is 1.81. The number of anilines is 1. The minimum Gasteiger partial charge on any atom is -0.380 e. The number of nitrogens with zero attached hydrogens (tertiary/aromatic N) is 1. The fourth-order valence-electron chi connectivity index (χ4n) is 3.65. The Bertz CT molecular complexity index is 670. The molecule has 1 N–H and O–H groups in total. The van der Waals surface area contributed by atoms with Crippen LogP contribution in [0.4, 0.5) is 5.69 Å². The summed E-state index contributed by atoms with van der Waals surface area (Å²) in [5.41, 5.74) is 3.70. The van der Waals surface area contributed by atoms with E-state index in [0.717, 1.165) is 17.8 Å². The fraction of sp³-hybridized carbons (Fsp3) is 0.333. The van der Waals surface area contributed by atoms with Gasteiger partial charge in [-0.3, -0.25) is 0 Å². The molecular formula is C18H19NO2. The number of rotatable bonds is 2. The molecule has 0 aliphatic carbocycles. The molecule has 0 amide bonds. The highest BCUT2D eigenvalue weighted by Crippen LogP contribution is 2.51. The van der Waals surface area contributed by atoms with E-state index in [2.05, 4.69) is 30.0 Å². The van der Waals surface area contributed by atoms with Crippen LogP contribution in [-0.2, 0) is 16.9 Å². The average Bonchev–Trinajstić information content (AvgIpc) is 2.98. The van der Waals surface area contributed by atoms with Gasteiger partial charge >= 0.3 is 0 Å². The predicted molar refractivity (Wildman–Crippen MR) is 82.1 cm³/mol. The second-order valence-corrected chi connectivity index (χ2v) is 5.98. The van der Waals surface area contributed by atoms with E-state index in [1.54, 1.807) is 0 Å². The monoisotopic (exact) mass is 281 g/mol. The summed E-state index contributed by atoms with van der Waals surface area (Å²) in [6.07, 6.45) is 0.396. The second-order valence-electron chi connectivity index (χ2n) is 5.98. The van der Waals surface area contributed by atoms with E-state index < -0.39 is 5.60 Å². The topological polar surface area (TPSA) is 32.7 Å². The van der Waals surface area contributed by atoms with Gasteiger partial charge in [0.05, 0.1) is 6.61 Å². The Morgan fingerprint density at radius 1 is 1.19 bits per heavy atom. The number of ether oxygens (including phenoxy) is 1. The number of para-hydroxylation sites is 1. The van der Waals surface area contributed by atoms with Gasteiger partial charge in [0.2, 0.25) is 0 Å². The molecule has 3 nitrogen and oxygen atoms in total. The minimum atomic E-state index is -0.865. The van der Waals surface area contributed by atoms with Gasteiger partial charge in [0.25, 0.3) is 0 Å². The van der Waals surface area contributed by atoms with Crippen molar-refractivity contribution in [2.45, 2.75) is 31.7 Å². The van der Waals surface area contributed by atoms with E-state index in [9.17, 15) is 5.11 Å². The molecule has 2 aliphatic heterocycles. The van der Waals surface area contributed by atoms with Gasteiger partial charge in [-0.15, -0.1) is 0 Å². The molecule has 0 radical (unpaired) electrons. The zero-order valence-electron chi connectivity index (χ0n) is 12.1. The summed E-state index contributed by atoms with van der Waals surface area (Å²) in [6, 6.07) is 16.5. The average molecular weight is 281 g/mol. The molecule has 21 heavy (non-hydrogen) atoms. The normalized spacial score (nSPS) is 26.8. The molecule has 0 bridgehead atoms. The van der Waals surface area contributed by atoms with Crippen molar-refractivity contribution in [3.05, 3.63) is 65.2 Å². The molecule has 4 rings (SSSR count). The largest absolute Gasteiger partial charge is 0.380 e. The molecule has 2 heterocycles. The van der Waals surface area contributed by atoms with Crippen molar-refractivity contribution >= 4 is 5.69 Å². The van der Waals surface area contributed by atoms with E-state index in [-0.39, 0.29) is 6.23 Å². The summed E-state index contributed by atoms with van der Waals surface area (Å²) in [5.74, 6) is 0. The van der Waals surface area contributed by atoms with Gasteiger partial charge in [0.15, 0.2) is 6.23 Å². The number of benzene rings is 2. The number of fused-ring (bicyclic) bond motifs is 3. The van der Waals surface area contributed by atoms with Crippen molar-refractivity contribution in [2.24, 2.45) is 0 Å². The van der Waals surface area contributed by atoms with Crippen LogP contribution in [0.5, 0.6) is 0 Å². The van der Waals surface area contributed by atoms with Crippen molar-refractivity contribution in [1.29, 1.82) is 0 Å². The fourth-order valence-corrected chi connectivity index (χ4v) is 3.65. The van der Waals surface area contributed by atoms with Crippen LogP contribution < -0.4 is 4.90 Å². The highest BCUT2D eigenvalue weighted by molar-refractivity contribution is 5.67. The second kappa shape index (κ2) is 4.58. The molecule has 2 unspecified atom stereocenters. The molecule has 3 heteroatoms. The Morgan fingerprint density at radius 3 is 2.81 bits per heavy atom. The summed E-state index contributed by atoms with van der Waals surface area (Å²) in [7, 11) is 0. The molecule has 0 saturated carbocycles. The van der Waals surface area contributed by atoms with Crippen molar-refractivity contribution in [1.82, 2.24) is 0 Å². The lowest BCUT2D eigenvalue weighted by Crippen LogP contribution is -2.41. The number of aliphatic hydroxyl groups is 1. The van der Waals surface area contributed by atoms with Crippen LogP contribution in [0.1, 0.15) is 23.1 Å². The highest BCUT2D eigenvalue weighted by atomic mass is 16.5. The first kappa shape index (κ1) is 12.9. The number of aryl methyl sites for hydroxylation is 1. The number of hydrogen-bond donors (Lipinski definition) is 1. The minimum absolute atomic E-state index is 0.270. The maximum absolute atomic E-state index is 11.1. The first-order chi connectivity index (χ1) is 10.2. The van der Waals surface area contributed by atoms with Gasteiger partial charge < -0.3 is 14.7 Å². The van der Waals surface area contributed by atoms with Crippen LogP contribution in [-0.4, -0.2) is 17.9 Å². The molecule has 2 aromatic carbocycles. The Hall–Kier alpha value is -1.84. The van der Waals surface area contributed by atoms with Gasteiger partial charge in [-0.25, -0.2) is 0 Å². The van der Waals surface area contributed by atoms with E-state index in [0.29, 0.717) is 13.0 Å². The Labute approximate surface area is 124 Å². The summed E-state index contributed by atoms with van der Waals surface area (Å²) < 4.78 is 5.88. The highest BCUT2D eigenvalue weighted by Gasteiger charge is 2.54. The summed E-state index contributed by atoms with van der Waals surface area (Å²) in [4.78, 5) is 2.22. The lowest BCUT2D eigenvalue weighted by molar-refractivity contribution is -0.0313. The first-order valence-corrected chi connectivity index (χ1v) is 7.45. The van der Waals surface area contributed by atoms with Crippen molar-refractivity contribution in [2.75, 3.05) is 11.5 Å². The quantitative estimate of drug-likeness (QED) is 0.918. The molecular weight excluding hydrogens is 262 g/mol. The van der Waals surface area contributed by atoms with Crippen molar-refractivity contribution in [3.63, 3.8) is 0 Å². The van der Waals surface area contributed by atoms with Gasteiger partial charge in [0, 0.05) is 24.2 Å². The van der Waals surface area contributed by atoms with Crippen LogP contribution in [0.2, 0.25) is 0 Å². The van der Waals surface area contributed by atoms with Gasteiger partial charge in [-0.2, -0.15) is 0 Å². The van der Waals surface area contributed by atoms with Crippen LogP contribution >= 0.6 is 0 Å². The standard InChI is InChI=1S/C18H19NO2/c1-13-6-5-9-15-16(13)19(12-14-7-3-2-4-8-14)17-18(15,20)10-11-21-17/h2-9,17,20H,10-12H2,1H3. The third-order valence-electron chi connectivity index (χ3n) is 4.64.